The summed E-state index contributed by atoms with van der Waals surface area (Å²) in [7, 11) is 0. The summed E-state index contributed by atoms with van der Waals surface area (Å²) in [6.45, 7) is 2.28. The summed E-state index contributed by atoms with van der Waals surface area (Å²) in [5, 5.41) is 2.33. The third-order valence-electron chi connectivity index (χ3n) is 3.52. The largest absolute Gasteiger partial charge is 0.324 e. The normalized spacial score (nSPS) is 32.5. The Hall–Kier alpha value is -1.10. The van der Waals surface area contributed by atoms with Crippen LogP contribution in [0.2, 0.25) is 0 Å². The van der Waals surface area contributed by atoms with Gasteiger partial charge in [-0.25, -0.2) is 4.79 Å². The second kappa shape index (κ2) is 3.20. The molecule has 3 aliphatic rings. The lowest BCUT2D eigenvalue weighted by Crippen LogP contribution is -2.40. The molecule has 3 rings (SSSR count). The van der Waals surface area contributed by atoms with E-state index in [1.165, 1.54) is 12.8 Å². The average Bonchev–Trinajstić information content (AvgIpc) is 2.83. The molecule has 0 aromatic heterocycles. The molecule has 3 fully saturated rings. The molecular weight excluding hydrogens is 194 g/mol. The predicted molar refractivity (Wildman–Crippen MR) is 53.2 cm³/mol. The van der Waals surface area contributed by atoms with Crippen LogP contribution in [0.1, 0.15) is 19.3 Å². The van der Waals surface area contributed by atoms with E-state index in [0.29, 0.717) is 0 Å². The number of imide groups is 1. The van der Waals surface area contributed by atoms with Crippen LogP contribution < -0.4 is 5.32 Å². The topological polar surface area (TPSA) is 52.7 Å². The first kappa shape index (κ1) is 9.15. The monoisotopic (exact) mass is 209 g/mol. The number of urea groups is 1. The molecule has 2 heterocycles. The van der Waals surface area contributed by atoms with Crippen molar-refractivity contribution in [3.8, 4) is 0 Å². The van der Waals surface area contributed by atoms with Crippen LogP contribution in [-0.2, 0) is 4.79 Å². The molecule has 1 N–H and O–H groups in total. The van der Waals surface area contributed by atoms with Gasteiger partial charge >= 0.3 is 6.03 Å². The lowest BCUT2D eigenvalue weighted by molar-refractivity contribution is -0.118. The van der Waals surface area contributed by atoms with E-state index in [9.17, 15) is 9.59 Å². The van der Waals surface area contributed by atoms with Gasteiger partial charge in [-0.15, -0.1) is 0 Å². The quantitative estimate of drug-likeness (QED) is 0.639. The van der Waals surface area contributed by atoms with Crippen LogP contribution in [0.25, 0.3) is 0 Å². The van der Waals surface area contributed by atoms with Crippen LogP contribution in [0.15, 0.2) is 0 Å². The van der Waals surface area contributed by atoms with E-state index in [-0.39, 0.29) is 24.5 Å². The smallest absolute Gasteiger partial charge is 0.311 e. The molecule has 0 aromatic rings. The molecule has 0 bridgehead atoms. The van der Waals surface area contributed by atoms with Gasteiger partial charge in [0.1, 0.15) is 6.54 Å². The maximum atomic E-state index is 11.4. The molecule has 2 aliphatic heterocycles. The molecule has 0 spiro atoms. The third kappa shape index (κ3) is 1.61. The summed E-state index contributed by atoms with van der Waals surface area (Å²) in [6, 6.07) is 0.802. The maximum Gasteiger partial charge on any atom is 0.324 e. The molecule has 1 saturated carbocycles. The summed E-state index contributed by atoms with van der Waals surface area (Å²) in [5.41, 5.74) is 0. The van der Waals surface area contributed by atoms with Crippen LogP contribution in [0.4, 0.5) is 4.79 Å². The first-order chi connectivity index (χ1) is 7.24. The molecular formula is C10H15N3O2. The highest BCUT2D eigenvalue weighted by Gasteiger charge is 2.40. The van der Waals surface area contributed by atoms with Gasteiger partial charge < -0.3 is 4.90 Å². The van der Waals surface area contributed by atoms with Gasteiger partial charge in [0, 0.05) is 25.2 Å². The minimum atomic E-state index is -0.206. The second-order valence-corrected chi connectivity index (χ2v) is 4.65. The summed E-state index contributed by atoms with van der Waals surface area (Å²) in [5.74, 6) is -0.162. The molecule has 5 nitrogen and oxygen atoms in total. The maximum absolute atomic E-state index is 11.4. The summed E-state index contributed by atoms with van der Waals surface area (Å²) >= 11 is 0. The van der Waals surface area contributed by atoms with Gasteiger partial charge in [0.2, 0.25) is 5.91 Å². The summed E-state index contributed by atoms with van der Waals surface area (Å²) < 4.78 is 0. The number of amides is 3. The molecule has 0 radical (unpaired) electrons. The fourth-order valence-electron chi connectivity index (χ4n) is 2.55. The van der Waals surface area contributed by atoms with Crippen molar-refractivity contribution < 1.29 is 9.59 Å². The van der Waals surface area contributed by atoms with E-state index in [4.69, 9.17) is 0 Å². The number of rotatable bonds is 2. The number of nitrogens with one attached hydrogen (secondary N) is 1. The van der Waals surface area contributed by atoms with Crippen molar-refractivity contribution in [3.05, 3.63) is 0 Å². The highest BCUT2D eigenvalue weighted by molar-refractivity contribution is 6.02. The van der Waals surface area contributed by atoms with Crippen LogP contribution in [0.3, 0.4) is 0 Å². The van der Waals surface area contributed by atoms with Crippen LogP contribution >= 0.6 is 0 Å². The lowest BCUT2D eigenvalue weighted by Gasteiger charge is -2.22. The van der Waals surface area contributed by atoms with Crippen molar-refractivity contribution in [1.82, 2.24) is 15.1 Å². The van der Waals surface area contributed by atoms with Gasteiger partial charge in [0.25, 0.3) is 0 Å². The molecule has 0 aromatic carbocycles. The Morgan fingerprint density at radius 3 is 2.53 bits per heavy atom. The predicted octanol–water partition coefficient (Wildman–Crippen LogP) is -0.225. The van der Waals surface area contributed by atoms with Gasteiger partial charge in [-0.2, -0.15) is 0 Å². The Morgan fingerprint density at radius 2 is 1.93 bits per heavy atom. The zero-order valence-electron chi connectivity index (χ0n) is 8.61. The summed E-state index contributed by atoms with van der Waals surface area (Å²) in [6.07, 6.45) is 3.62. The summed E-state index contributed by atoms with van der Waals surface area (Å²) in [4.78, 5) is 26.6. The molecule has 2 saturated heterocycles. The van der Waals surface area contributed by atoms with E-state index in [1.54, 1.807) is 4.90 Å². The SMILES string of the molecule is O=C1CN(C2CCN(C3CC3)C2)C(=O)N1. The minimum absolute atomic E-state index is 0.162. The number of nitrogens with zero attached hydrogens (tertiary/aromatic N) is 2. The number of likely N-dealkylation sites (tertiary alicyclic amines) is 1. The van der Waals surface area contributed by atoms with Crippen molar-refractivity contribution in [2.45, 2.75) is 31.3 Å². The molecule has 1 unspecified atom stereocenters. The molecule has 3 amide bonds. The highest BCUT2D eigenvalue weighted by atomic mass is 16.2. The van der Waals surface area contributed by atoms with E-state index in [2.05, 4.69) is 10.2 Å². The van der Waals surface area contributed by atoms with Crippen LogP contribution in [-0.4, -0.2) is 53.5 Å². The molecule has 1 atom stereocenters. The minimum Gasteiger partial charge on any atom is -0.311 e. The van der Waals surface area contributed by atoms with E-state index < -0.39 is 0 Å². The Morgan fingerprint density at radius 1 is 1.13 bits per heavy atom. The lowest BCUT2D eigenvalue weighted by atomic mass is 10.2. The standard InChI is InChI=1S/C10H15N3O2/c14-9-6-13(10(15)11-9)8-3-4-12(5-8)7-1-2-7/h7-8H,1-6H2,(H,11,14,15). The van der Waals surface area contributed by atoms with E-state index >= 15 is 0 Å². The zero-order chi connectivity index (χ0) is 10.4. The Bertz CT molecular complexity index is 314. The fourth-order valence-corrected chi connectivity index (χ4v) is 2.55. The van der Waals surface area contributed by atoms with Gasteiger partial charge in [-0.1, -0.05) is 0 Å². The molecule has 5 heteroatoms. The van der Waals surface area contributed by atoms with Crippen LogP contribution in [0.5, 0.6) is 0 Å². The van der Waals surface area contributed by atoms with Crippen LogP contribution in [0, 0.1) is 0 Å². The van der Waals surface area contributed by atoms with Gasteiger partial charge in [0.05, 0.1) is 0 Å². The molecule has 82 valence electrons. The Balaban J connectivity index is 1.63. The average molecular weight is 209 g/mol. The van der Waals surface area contributed by atoms with E-state index in [1.807, 2.05) is 0 Å². The van der Waals surface area contributed by atoms with Crippen molar-refractivity contribution >= 4 is 11.9 Å². The Labute approximate surface area is 88.4 Å². The first-order valence-corrected chi connectivity index (χ1v) is 5.58. The van der Waals surface area contributed by atoms with Crippen molar-refractivity contribution in [2.24, 2.45) is 0 Å². The van der Waals surface area contributed by atoms with E-state index in [0.717, 1.165) is 25.6 Å². The number of hydrogen-bond acceptors (Lipinski definition) is 3. The molecule has 1 aliphatic carbocycles. The Kier molecular flexibility index (Phi) is 1.95. The number of hydrogen-bond donors (Lipinski definition) is 1. The second-order valence-electron chi connectivity index (χ2n) is 4.65. The van der Waals surface area contributed by atoms with Gasteiger partial charge in [-0.05, 0) is 19.3 Å². The van der Waals surface area contributed by atoms with Crippen molar-refractivity contribution in [1.29, 1.82) is 0 Å². The fraction of sp³-hybridized carbons (Fsp3) is 0.800. The highest BCUT2D eigenvalue weighted by Crippen LogP contribution is 2.31. The molecule has 15 heavy (non-hydrogen) atoms. The van der Waals surface area contributed by atoms with Crippen molar-refractivity contribution in [2.75, 3.05) is 19.6 Å². The van der Waals surface area contributed by atoms with Crippen molar-refractivity contribution in [3.63, 3.8) is 0 Å². The number of carbonyl (C=O) groups is 2. The first-order valence-electron chi connectivity index (χ1n) is 5.58. The third-order valence-corrected chi connectivity index (χ3v) is 3.52. The number of carbonyl (C=O) groups excluding carboxylic acids is 2. The zero-order valence-corrected chi connectivity index (χ0v) is 8.61. The van der Waals surface area contributed by atoms with Gasteiger partial charge in [0.15, 0.2) is 0 Å². The van der Waals surface area contributed by atoms with Gasteiger partial charge in [-0.3, -0.25) is 15.0 Å².